The van der Waals surface area contributed by atoms with E-state index in [0.717, 1.165) is 19.3 Å². The van der Waals surface area contributed by atoms with E-state index >= 15 is 0 Å². The quantitative estimate of drug-likeness (QED) is 0.588. The third-order valence-corrected chi connectivity index (χ3v) is 2.64. The highest BCUT2D eigenvalue weighted by atomic mass is 16.2. The highest BCUT2D eigenvalue weighted by Crippen LogP contribution is 2.28. The second kappa shape index (κ2) is 2.48. The maximum atomic E-state index is 11.3. The van der Waals surface area contributed by atoms with E-state index in [0.29, 0.717) is 12.0 Å². The Kier molecular flexibility index (Phi) is 1.60. The molecular formula is C8H14N2O. The second-order valence-corrected chi connectivity index (χ2v) is 3.64. The van der Waals surface area contributed by atoms with Crippen molar-refractivity contribution in [3.8, 4) is 0 Å². The van der Waals surface area contributed by atoms with E-state index in [1.165, 1.54) is 6.42 Å². The van der Waals surface area contributed by atoms with Gasteiger partial charge in [-0.15, -0.1) is 0 Å². The lowest BCUT2D eigenvalue weighted by Crippen LogP contribution is -2.37. The van der Waals surface area contributed by atoms with Gasteiger partial charge in [0.15, 0.2) is 0 Å². The summed E-state index contributed by atoms with van der Waals surface area (Å²) in [7, 11) is 0. The number of hydrogen-bond donors (Lipinski definition) is 2. The van der Waals surface area contributed by atoms with E-state index in [-0.39, 0.29) is 11.9 Å². The highest BCUT2D eigenvalue weighted by Gasteiger charge is 2.37. The molecule has 11 heavy (non-hydrogen) atoms. The standard InChI is InChI=1S/C8H14N2O/c9-6-4-7(6)10-8(11)5-2-1-3-5/h5-7H,1-4,9H2,(H,10,11). The molecule has 0 aromatic carbocycles. The fourth-order valence-corrected chi connectivity index (χ4v) is 1.35. The molecule has 2 aliphatic rings. The van der Waals surface area contributed by atoms with Crippen LogP contribution in [-0.4, -0.2) is 18.0 Å². The summed E-state index contributed by atoms with van der Waals surface area (Å²) in [6.07, 6.45) is 4.34. The lowest BCUT2D eigenvalue weighted by atomic mass is 9.85. The summed E-state index contributed by atoms with van der Waals surface area (Å²) < 4.78 is 0. The Hall–Kier alpha value is -0.570. The third kappa shape index (κ3) is 1.38. The van der Waals surface area contributed by atoms with Crippen LogP contribution in [0.1, 0.15) is 25.7 Å². The monoisotopic (exact) mass is 154 g/mol. The van der Waals surface area contributed by atoms with Crippen molar-refractivity contribution in [3.05, 3.63) is 0 Å². The maximum absolute atomic E-state index is 11.3. The summed E-state index contributed by atoms with van der Waals surface area (Å²) in [4.78, 5) is 11.3. The first kappa shape index (κ1) is 7.10. The molecule has 0 heterocycles. The largest absolute Gasteiger partial charge is 0.352 e. The average molecular weight is 154 g/mol. The van der Waals surface area contributed by atoms with Gasteiger partial charge in [-0.25, -0.2) is 0 Å². The van der Waals surface area contributed by atoms with Crippen LogP contribution >= 0.6 is 0 Å². The third-order valence-electron chi connectivity index (χ3n) is 2.64. The van der Waals surface area contributed by atoms with Gasteiger partial charge in [-0.05, 0) is 19.3 Å². The predicted molar refractivity (Wildman–Crippen MR) is 41.9 cm³/mol. The molecule has 2 rings (SSSR count). The number of nitrogens with one attached hydrogen (secondary N) is 1. The Morgan fingerprint density at radius 2 is 2.09 bits per heavy atom. The molecule has 1 amide bonds. The Morgan fingerprint density at radius 1 is 1.45 bits per heavy atom. The molecule has 3 nitrogen and oxygen atoms in total. The van der Waals surface area contributed by atoms with Crippen molar-refractivity contribution in [2.45, 2.75) is 37.8 Å². The maximum Gasteiger partial charge on any atom is 0.223 e. The van der Waals surface area contributed by atoms with Gasteiger partial charge in [0.05, 0.1) is 0 Å². The van der Waals surface area contributed by atoms with E-state index in [4.69, 9.17) is 5.73 Å². The van der Waals surface area contributed by atoms with Gasteiger partial charge >= 0.3 is 0 Å². The van der Waals surface area contributed by atoms with Gasteiger partial charge in [0.1, 0.15) is 0 Å². The van der Waals surface area contributed by atoms with Crippen LogP contribution in [0.3, 0.4) is 0 Å². The number of amides is 1. The molecule has 0 aromatic heterocycles. The number of carbonyl (C=O) groups is 1. The Bertz CT molecular complexity index is 177. The SMILES string of the molecule is NC1CC1NC(=O)C1CCC1. The molecule has 3 N–H and O–H groups in total. The smallest absolute Gasteiger partial charge is 0.223 e. The molecule has 2 atom stereocenters. The Morgan fingerprint density at radius 3 is 2.45 bits per heavy atom. The Labute approximate surface area is 66.3 Å². The summed E-state index contributed by atoms with van der Waals surface area (Å²) in [5.41, 5.74) is 5.56. The van der Waals surface area contributed by atoms with Crippen molar-refractivity contribution in [2.75, 3.05) is 0 Å². The van der Waals surface area contributed by atoms with Crippen LogP contribution in [0.25, 0.3) is 0 Å². The van der Waals surface area contributed by atoms with Crippen LogP contribution in [-0.2, 0) is 4.79 Å². The summed E-state index contributed by atoms with van der Waals surface area (Å²) in [6.45, 7) is 0. The minimum atomic E-state index is 0.231. The van der Waals surface area contributed by atoms with Crippen molar-refractivity contribution in [3.63, 3.8) is 0 Å². The first-order valence-electron chi connectivity index (χ1n) is 4.33. The lowest BCUT2D eigenvalue weighted by Gasteiger charge is -2.23. The number of carbonyl (C=O) groups excluding carboxylic acids is 1. The fourth-order valence-electron chi connectivity index (χ4n) is 1.35. The molecule has 0 aliphatic heterocycles. The normalized spacial score (nSPS) is 36.1. The molecule has 2 fully saturated rings. The molecule has 0 saturated heterocycles. The van der Waals surface area contributed by atoms with Gasteiger partial charge < -0.3 is 11.1 Å². The van der Waals surface area contributed by atoms with Crippen molar-refractivity contribution in [1.29, 1.82) is 0 Å². The van der Waals surface area contributed by atoms with Crippen LogP contribution in [0.15, 0.2) is 0 Å². The van der Waals surface area contributed by atoms with Crippen LogP contribution in [0.4, 0.5) is 0 Å². The molecular weight excluding hydrogens is 140 g/mol. The summed E-state index contributed by atoms with van der Waals surface area (Å²) in [6, 6.07) is 0.530. The summed E-state index contributed by atoms with van der Waals surface area (Å²) in [5.74, 6) is 0.539. The van der Waals surface area contributed by atoms with Gasteiger partial charge in [-0.2, -0.15) is 0 Å². The van der Waals surface area contributed by atoms with Crippen LogP contribution in [0.2, 0.25) is 0 Å². The molecule has 0 spiro atoms. The first-order valence-corrected chi connectivity index (χ1v) is 4.33. The van der Waals surface area contributed by atoms with Gasteiger partial charge in [0.25, 0.3) is 0 Å². The van der Waals surface area contributed by atoms with E-state index in [1.54, 1.807) is 0 Å². The minimum absolute atomic E-state index is 0.231. The van der Waals surface area contributed by atoms with E-state index < -0.39 is 0 Å². The minimum Gasteiger partial charge on any atom is -0.352 e. The molecule has 3 heteroatoms. The zero-order valence-corrected chi connectivity index (χ0v) is 6.55. The van der Waals surface area contributed by atoms with Gasteiger partial charge in [0.2, 0.25) is 5.91 Å². The summed E-state index contributed by atoms with van der Waals surface area (Å²) in [5, 5.41) is 2.94. The van der Waals surface area contributed by atoms with Crippen LogP contribution in [0.5, 0.6) is 0 Å². The Balaban J connectivity index is 1.73. The molecule has 2 unspecified atom stereocenters. The second-order valence-electron chi connectivity index (χ2n) is 3.64. The summed E-state index contributed by atoms with van der Waals surface area (Å²) >= 11 is 0. The molecule has 62 valence electrons. The number of hydrogen-bond acceptors (Lipinski definition) is 2. The van der Waals surface area contributed by atoms with Gasteiger partial charge in [-0.3, -0.25) is 4.79 Å². The van der Waals surface area contributed by atoms with Crippen molar-refractivity contribution in [2.24, 2.45) is 11.7 Å². The van der Waals surface area contributed by atoms with Gasteiger partial charge in [0, 0.05) is 18.0 Å². The zero-order chi connectivity index (χ0) is 7.84. The van der Waals surface area contributed by atoms with E-state index in [9.17, 15) is 4.79 Å². The van der Waals surface area contributed by atoms with Gasteiger partial charge in [-0.1, -0.05) is 6.42 Å². The molecule has 2 aliphatic carbocycles. The lowest BCUT2D eigenvalue weighted by molar-refractivity contribution is -0.127. The van der Waals surface area contributed by atoms with E-state index in [1.807, 2.05) is 0 Å². The van der Waals surface area contributed by atoms with E-state index in [2.05, 4.69) is 5.32 Å². The molecule has 0 radical (unpaired) electrons. The first-order chi connectivity index (χ1) is 5.27. The molecule has 2 saturated carbocycles. The zero-order valence-electron chi connectivity index (χ0n) is 6.55. The van der Waals surface area contributed by atoms with Crippen molar-refractivity contribution < 1.29 is 4.79 Å². The van der Waals surface area contributed by atoms with Crippen LogP contribution < -0.4 is 11.1 Å². The average Bonchev–Trinajstić information content (AvgIpc) is 2.40. The molecule has 0 bridgehead atoms. The van der Waals surface area contributed by atoms with Crippen molar-refractivity contribution in [1.82, 2.24) is 5.32 Å². The fraction of sp³-hybridized carbons (Fsp3) is 0.875. The molecule has 0 aromatic rings. The van der Waals surface area contributed by atoms with Crippen molar-refractivity contribution >= 4 is 5.91 Å². The topological polar surface area (TPSA) is 55.1 Å². The predicted octanol–water partition coefficient (Wildman–Crippen LogP) is 0.00230. The van der Waals surface area contributed by atoms with Crippen LogP contribution in [0, 0.1) is 5.92 Å². The number of nitrogens with two attached hydrogens (primary N) is 1. The highest BCUT2D eigenvalue weighted by molar-refractivity contribution is 5.80. The number of rotatable bonds is 2.